The Hall–Kier alpha value is -2.51. The molecular weight excluding hydrogens is 366 g/mol. The van der Waals surface area contributed by atoms with Crippen molar-refractivity contribution in [3.05, 3.63) is 70.9 Å². The number of amides is 2. The van der Waals surface area contributed by atoms with Gasteiger partial charge in [0, 0.05) is 31.9 Å². The summed E-state index contributed by atoms with van der Waals surface area (Å²) in [5.74, 6) is -0.279. The minimum Gasteiger partial charge on any atom is -0.352 e. The van der Waals surface area contributed by atoms with Gasteiger partial charge in [-0.3, -0.25) is 19.5 Å². The van der Waals surface area contributed by atoms with Gasteiger partial charge in [-0.1, -0.05) is 60.4 Å². The molecule has 1 saturated heterocycles. The van der Waals surface area contributed by atoms with Crippen LogP contribution in [0.25, 0.3) is 6.08 Å². The third-order valence-electron chi connectivity index (χ3n) is 3.75. The predicted octanol–water partition coefficient (Wildman–Crippen LogP) is 2.99. The number of rotatable bonds is 6. The number of benzene rings is 1. The summed E-state index contributed by atoms with van der Waals surface area (Å²) in [6, 6.07) is 13.3. The van der Waals surface area contributed by atoms with Crippen LogP contribution >= 0.6 is 24.0 Å². The average molecular weight is 383 g/mol. The zero-order valence-electron chi connectivity index (χ0n) is 13.9. The number of thiocarbonyl (C=S) groups is 1. The van der Waals surface area contributed by atoms with Gasteiger partial charge in [0.25, 0.3) is 5.91 Å². The standard InChI is InChI=1S/C19H17N3O2S2/c23-17(21-13-15-7-4-9-20-12-15)8-10-22-18(24)16(26-19(22)25)11-14-5-2-1-3-6-14/h1-7,9,11-12H,8,10,13H2,(H,21,23)/b16-11-. The van der Waals surface area contributed by atoms with Crippen LogP contribution in [0.3, 0.4) is 0 Å². The molecule has 26 heavy (non-hydrogen) atoms. The molecule has 1 N–H and O–H groups in total. The van der Waals surface area contributed by atoms with E-state index in [2.05, 4.69) is 10.3 Å². The highest BCUT2D eigenvalue weighted by Crippen LogP contribution is 2.32. The number of hydrogen-bond donors (Lipinski definition) is 1. The molecule has 0 atom stereocenters. The van der Waals surface area contributed by atoms with Crippen LogP contribution in [0.2, 0.25) is 0 Å². The number of hydrogen-bond acceptors (Lipinski definition) is 5. The Morgan fingerprint density at radius 1 is 1.23 bits per heavy atom. The van der Waals surface area contributed by atoms with Crippen LogP contribution in [-0.4, -0.2) is 32.6 Å². The predicted molar refractivity (Wildman–Crippen MR) is 107 cm³/mol. The molecule has 0 unspecified atom stereocenters. The topological polar surface area (TPSA) is 62.3 Å². The molecule has 0 spiro atoms. The summed E-state index contributed by atoms with van der Waals surface area (Å²) in [7, 11) is 0. The van der Waals surface area contributed by atoms with Gasteiger partial charge < -0.3 is 5.32 Å². The Kier molecular flexibility index (Phi) is 6.14. The van der Waals surface area contributed by atoms with E-state index in [0.29, 0.717) is 15.8 Å². The average Bonchev–Trinajstić information content (AvgIpc) is 2.93. The van der Waals surface area contributed by atoms with E-state index in [1.54, 1.807) is 12.4 Å². The van der Waals surface area contributed by atoms with E-state index in [0.717, 1.165) is 11.1 Å². The molecule has 3 rings (SSSR count). The van der Waals surface area contributed by atoms with E-state index in [4.69, 9.17) is 12.2 Å². The molecule has 1 aromatic heterocycles. The number of thioether (sulfide) groups is 1. The summed E-state index contributed by atoms with van der Waals surface area (Å²) in [5, 5.41) is 2.82. The number of aromatic nitrogens is 1. The minimum absolute atomic E-state index is 0.130. The summed E-state index contributed by atoms with van der Waals surface area (Å²) >= 11 is 6.56. The summed E-state index contributed by atoms with van der Waals surface area (Å²) in [6.45, 7) is 0.689. The van der Waals surface area contributed by atoms with Gasteiger partial charge in [-0.2, -0.15) is 0 Å². The Morgan fingerprint density at radius 2 is 2.04 bits per heavy atom. The van der Waals surface area contributed by atoms with Gasteiger partial charge in [0.1, 0.15) is 4.32 Å². The van der Waals surface area contributed by atoms with E-state index in [1.165, 1.54) is 16.7 Å². The zero-order chi connectivity index (χ0) is 18.4. The van der Waals surface area contributed by atoms with E-state index in [1.807, 2.05) is 48.5 Å². The van der Waals surface area contributed by atoms with Crippen molar-refractivity contribution in [2.24, 2.45) is 0 Å². The molecule has 0 aliphatic carbocycles. The number of pyridine rings is 1. The molecule has 0 saturated carbocycles. The van der Waals surface area contributed by atoms with Crippen molar-refractivity contribution in [1.29, 1.82) is 0 Å². The van der Waals surface area contributed by atoms with Crippen molar-refractivity contribution in [3.8, 4) is 0 Å². The van der Waals surface area contributed by atoms with Crippen LogP contribution in [0.5, 0.6) is 0 Å². The number of carbonyl (C=O) groups excluding carboxylic acids is 2. The fraction of sp³-hybridized carbons (Fsp3) is 0.158. The van der Waals surface area contributed by atoms with Gasteiger partial charge in [0.2, 0.25) is 5.91 Å². The van der Waals surface area contributed by atoms with Crippen molar-refractivity contribution >= 4 is 46.2 Å². The molecule has 0 radical (unpaired) electrons. The maximum Gasteiger partial charge on any atom is 0.266 e. The van der Waals surface area contributed by atoms with Crippen molar-refractivity contribution in [2.75, 3.05) is 6.54 Å². The first-order valence-corrected chi connectivity index (χ1v) is 9.32. The van der Waals surface area contributed by atoms with E-state index in [9.17, 15) is 9.59 Å². The Morgan fingerprint density at radius 3 is 2.77 bits per heavy atom. The quantitative estimate of drug-likeness (QED) is 0.614. The summed E-state index contributed by atoms with van der Waals surface area (Å²) in [6.07, 6.45) is 5.41. The van der Waals surface area contributed by atoms with Crippen LogP contribution in [0.1, 0.15) is 17.5 Å². The summed E-state index contributed by atoms with van der Waals surface area (Å²) in [5.41, 5.74) is 1.87. The third kappa shape index (κ3) is 4.77. The molecule has 2 aromatic rings. The largest absolute Gasteiger partial charge is 0.352 e. The molecule has 1 aliphatic heterocycles. The molecule has 2 heterocycles. The highest BCUT2D eigenvalue weighted by Gasteiger charge is 2.31. The smallest absolute Gasteiger partial charge is 0.266 e. The highest BCUT2D eigenvalue weighted by molar-refractivity contribution is 8.26. The Labute approximate surface area is 161 Å². The molecule has 1 fully saturated rings. The van der Waals surface area contributed by atoms with Crippen molar-refractivity contribution < 1.29 is 9.59 Å². The minimum atomic E-state index is -0.149. The van der Waals surface area contributed by atoms with E-state index < -0.39 is 0 Å². The van der Waals surface area contributed by atoms with Gasteiger partial charge in [0.15, 0.2) is 0 Å². The molecule has 7 heteroatoms. The van der Waals surface area contributed by atoms with Crippen LogP contribution in [0, 0.1) is 0 Å². The fourth-order valence-corrected chi connectivity index (χ4v) is 3.71. The second-order valence-electron chi connectivity index (χ2n) is 5.63. The van der Waals surface area contributed by atoms with Crippen LogP contribution in [0.15, 0.2) is 59.8 Å². The summed E-state index contributed by atoms with van der Waals surface area (Å²) in [4.78, 5) is 30.6. The first-order chi connectivity index (χ1) is 12.6. The lowest BCUT2D eigenvalue weighted by molar-refractivity contribution is -0.123. The van der Waals surface area contributed by atoms with E-state index >= 15 is 0 Å². The second-order valence-corrected chi connectivity index (χ2v) is 7.31. The maximum absolute atomic E-state index is 12.5. The molecule has 1 aromatic carbocycles. The SMILES string of the molecule is O=C(CCN1C(=O)/C(=C/c2ccccc2)SC1=S)NCc1cccnc1. The maximum atomic E-state index is 12.5. The Bertz CT molecular complexity index is 838. The van der Waals surface area contributed by atoms with Gasteiger partial charge >= 0.3 is 0 Å². The molecular formula is C19H17N3O2S2. The number of carbonyl (C=O) groups is 2. The zero-order valence-corrected chi connectivity index (χ0v) is 15.6. The molecule has 132 valence electrons. The lowest BCUT2D eigenvalue weighted by atomic mass is 10.2. The van der Waals surface area contributed by atoms with Crippen LogP contribution < -0.4 is 5.32 Å². The first-order valence-electron chi connectivity index (χ1n) is 8.09. The third-order valence-corrected chi connectivity index (χ3v) is 5.12. The van der Waals surface area contributed by atoms with Crippen molar-refractivity contribution in [3.63, 3.8) is 0 Å². The lowest BCUT2D eigenvalue weighted by Crippen LogP contribution is -2.33. The van der Waals surface area contributed by atoms with Gasteiger partial charge in [-0.15, -0.1) is 0 Å². The van der Waals surface area contributed by atoms with Crippen molar-refractivity contribution in [1.82, 2.24) is 15.2 Å². The first kappa shape index (κ1) is 18.3. The van der Waals surface area contributed by atoms with Gasteiger partial charge in [-0.25, -0.2) is 0 Å². The lowest BCUT2D eigenvalue weighted by Gasteiger charge is -2.14. The number of nitrogens with zero attached hydrogens (tertiary/aromatic N) is 2. The van der Waals surface area contributed by atoms with E-state index in [-0.39, 0.29) is 24.8 Å². The molecule has 5 nitrogen and oxygen atoms in total. The van der Waals surface area contributed by atoms with Crippen LogP contribution in [-0.2, 0) is 16.1 Å². The molecule has 2 amide bonds. The van der Waals surface area contributed by atoms with Crippen LogP contribution in [0.4, 0.5) is 0 Å². The van der Waals surface area contributed by atoms with Gasteiger partial charge in [-0.05, 0) is 23.3 Å². The van der Waals surface area contributed by atoms with Gasteiger partial charge in [0.05, 0.1) is 4.91 Å². The second kappa shape index (κ2) is 8.73. The highest BCUT2D eigenvalue weighted by atomic mass is 32.2. The number of nitrogens with one attached hydrogen (secondary N) is 1. The van der Waals surface area contributed by atoms with Crippen molar-refractivity contribution in [2.45, 2.75) is 13.0 Å². The summed E-state index contributed by atoms with van der Waals surface area (Å²) < 4.78 is 0.484. The normalized spacial score (nSPS) is 15.5. The fourth-order valence-electron chi connectivity index (χ4n) is 2.40. The molecule has 1 aliphatic rings. The Balaban J connectivity index is 1.53. The molecule has 0 bridgehead atoms. The monoisotopic (exact) mass is 383 g/mol.